The van der Waals surface area contributed by atoms with E-state index in [1.54, 1.807) is 0 Å². The lowest BCUT2D eigenvalue weighted by Gasteiger charge is -2.21. The molecule has 3 heterocycles. The second-order valence-electron chi connectivity index (χ2n) is 5.87. The van der Waals surface area contributed by atoms with Crippen LogP contribution in [0.15, 0.2) is 6.20 Å². The number of pyridine rings is 1. The first kappa shape index (κ1) is 15.6. The summed E-state index contributed by atoms with van der Waals surface area (Å²) in [5.41, 5.74) is 4.73. The van der Waals surface area contributed by atoms with Gasteiger partial charge in [-0.15, -0.1) is 0 Å². The second-order valence-corrected chi connectivity index (χ2v) is 5.87. The zero-order valence-electron chi connectivity index (χ0n) is 13.6. The third-order valence-corrected chi connectivity index (χ3v) is 4.15. The van der Waals surface area contributed by atoms with E-state index in [4.69, 9.17) is 0 Å². The van der Waals surface area contributed by atoms with Crippen LogP contribution in [-0.2, 0) is 30.7 Å². The van der Waals surface area contributed by atoms with E-state index in [-0.39, 0.29) is 5.91 Å². The van der Waals surface area contributed by atoms with Gasteiger partial charge in [0.25, 0.3) is 0 Å². The number of H-pyrrole nitrogens is 1. The molecule has 1 amide bonds. The van der Waals surface area contributed by atoms with Gasteiger partial charge in [-0.25, -0.2) is 4.98 Å². The highest BCUT2D eigenvalue weighted by molar-refractivity contribution is 5.76. The smallest absolute Gasteiger partial charge is 0.220 e. The van der Waals surface area contributed by atoms with Gasteiger partial charge in [0.05, 0.1) is 0 Å². The molecule has 1 aliphatic heterocycles. The van der Waals surface area contributed by atoms with Crippen molar-refractivity contribution in [3.63, 3.8) is 0 Å². The number of aryl methyl sites for hydroxylation is 3. The summed E-state index contributed by atoms with van der Waals surface area (Å²) in [4.78, 5) is 20.7. The fourth-order valence-corrected chi connectivity index (χ4v) is 2.88. The largest absolute Gasteiger partial charge is 0.352 e. The third-order valence-electron chi connectivity index (χ3n) is 4.15. The number of aromatic nitrogens is 4. The first-order chi connectivity index (χ1) is 11.1. The van der Waals surface area contributed by atoms with Crippen molar-refractivity contribution in [2.24, 2.45) is 0 Å². The Morgan fingerprint density at radius 2 is 2.26 bits per heavy atom. The quantitative estimate of drug-likeness (QED) is 0.755. The maximum absolute atomic E-state index is 12.1. The van der Waals surface area contributed by atoms with E-state index in [1.165, 1.54) is 11.1 Å². The highest BCUT2D eigenvalue weighted by Gasteiger charge is 2.16. The molecule has 0 spiro atoms. The average Bonchev–Trinajstić information content (AvgIpc) is 2.97. The van der Waals surface area contributed by atoms with E-state index in [0.717, 1.165) is 36.6 Å². The average molecular weight is 314 g/mol. The summed E-state index contributed by atoms with van der Waals surface area (Å²) in [7, 11) is 0. The number of carbonyl (C=O) groups is 1. The summed E-state index contributed by atoms with van der Waals surface area (Å²) in [6.07, 6.45) is 3.86. The predicted molar refractivity (Wildman–Crippen MR) is 85.7 cm³/mol. The van der Waals surface area contributed by atoms with Crippen molar-refractivity contribution in [1.82, 2.24) is 30.8 Å². The van der Waals surface area contributed by atoms with Gasteiger partial charge in [-0.3, -0.25) is 14.9 Å². The summed E-state index contributed by atoms with van der Waals surface area (Å²) in [5.74, 6) is 1.46. The Bertz CT molecular complexity index is 709. The molecule has 2 aromatic rings. The topological polar surface area (TPSA) is 95.6 Å². The van der Waals surface area contributed by atoms with Crippen LogP contribution >= 0.6 is 0 Å². The number of rotatable bonds is 5. The Morgan fingerprint density at radius 1 is 1.39 bits per heavy atom. The minimum atomic E-state index is 0.0124. The molecule has 0 saturated carbocycles. The van der Waals surface area contributed by atoms with Crippen molar-refractivity contribution in [1.29, 1.82) is 0 Å². The lowest BCUT2D eigenvalue weighted by Crippen LogP contribution is -2.29. The maximum Gasteiger partial charge on any atom is 0.220 e. The molecule has 1 aliphatic rings. The first-order valence-electron chi connectivity index (χ1n) is 7.95. The van der Waals surface area contributed by atoms with Crippen LogP contribution in [0.2, 0.25) is 0 Å². The van der Waals surface area contributed by atoms with Gasteiger partial charge in [0.2, 0.25) is 5.91 Å². The molecular formula is C16H22N6O. The van der Waals surface area contributed by atoms with Crippen molar-refractivity contribution in [2.75, 3.05) is 6.54 Å². The fraction of sp³-hybridized carbons (Fsp3) is 0.500. The molecule has 0 atom stereocenters. The molecule has 0 fully saturated rings. The standard InChI is InChI=1S/C16H22N6O/c1-10-14(13-5-6-17-7-12(13)8-18-10)9-19-16(23)4-3-15-20-11(2)21-22-15/h8,17H,3-7,9H2,1-2H3,(H,19,23)(H,20,21,22). The normalized spacial score (nSPS) is 13.7. The van der Waals surface area contributed by atoms with Gasteiger partial charge in [0.15, 0.2) is 5.82 Å². The zero-order chi connectivity index (χ0) is 16.2. The molecule has 3 rings (SSSR count). The zero-order valence-corrected chi connectivity index (χ0v) is 13.6. The van der Waals surface area contributed by atoms with Crippen LogP contribution in [0.3, 0.4) is 0 Å². The second kappa shape index (κ2) is 6.87. The summed E-state index contributed by atoms with van der Waals surface area (Å²) in [5, 5.41) is 13.2. The van der Waals surface area contributed by atoms with Crippen LogP contribution in [0.1, 0.15) is 40.5 Å². The van der Waals surface area contributed by atoms with Gasteiger partial charge in [0, 0.05) is 37.8 Å². The summed E-state index contributed by atoms with van der Waals surface area (Å²) in [6.45, 7) is 6.21. The molecular weight excluding hydrogens is 292 g/mol. The number of amides is 1. The number of aromatic amines is 1. The number of hydrogen-bond donors (Lipinski definition) is 3. The molecule has 122 valence electrons. The molecule has 0 radical (unpaired) electrons. The maximum atomic E-state index is 12.1. The third kappa shape index (κ3) is 3.73. The van der Waals surface area contributed by atoms with E-state index >= 15 is 0 Å². The SMILES string of the molecule is Cc1nc(CCC(=O)NCc2c(C)ncc3c2CCNC3)n[nH]1. The van der Waals surface area contributed by atoms with E-state index < -0.39 is 0 Å². The number of hydrogen-bond acceptors (Lipinski definition) is 5. The number of carbonyl (C=O) groups excluding carboxylic acids is 1. The Kier molecular flexibility index (Phi) is 4.66. The molecule has 2 aromatic heterocycles. The van der Waals surface area contributed by atoms with Crippen LogP contribution in [0.5, 0.6) is 0 Å². The molecule has 0 bridgehead atoms. The molecule has 3 N–H and O–H groups in total. The molecule has 0 unspecified atom stereocenters. The highest BCUT2D eigenvalue weighted by Crippen LogP contribution is 2.20. The van der Waals surface area contributed by atoms with Gasteiger partial charge in [0.1, 0.15) is 5.82 Å². The van der Waals surface area contributed by atoms with Crippen molar-refractivity contribution in [3.05, 3.63) is 40.2 Å². The lowest BCUT2D eigenvalue weighted by atomic mass is 9.96. The number of nitrogens with one attached hydrogen (secondary N) is 3. The van der Waals surface area contributed by atoms with Crippen molar-refractivity contribution < 1.29 is 4.79 Å². The lowest BCUT2D eigenvalue weighted by molar-refractivity contribution is -0.121. The van der Waals surface area contributed by atoms with Crippen LogP contribution < -0.4 is 10.6 Å². The number of nitrogens with zero attached hydrogens (tertiary/aromatic N) is 3. The van der Waals surface area contributed by atoms with Crippen molar-refractivity contribution in [3.8, 4) is 0 Å². The van der Waals surface area contributed by atoms with Crippen LogP contribution in [0.25, 0.3) is 0 Å². The van der Waals surface area contributed by atoms with Crippen LogP contribution in [0, 0.1) is 13.8 Å². The minimum Gasteiger partial charge on any atom is -0.352 e. The molecule has 7 nitrogen and oxygen atoms in total. The van der Waals surface area contributed by atoms with Crippen molar-refractivity contribution in [2.45, 2.75) is 46.2 Å². The molecule has 7 heteroatoms. The van der Waals surface area contributed by atoms with Gasteiger partial charge >= 0.3 is 0 Å². The van der Waals surface area contributed by atoms with E-state index in [0.29, 0.717) is 25.2 Å². The monoisotopic (exact) mass is 314 g/mol. The van der Waals surface area contributed by atoms with Gasteiger partial charge in [-0.2, -0.15) is 5.10 Å². The number of fused-ring (bicyclic) bond motifs is 1. The minimum absolute atomic E-state index is 0.0124. The van der Waals surface area contributed by atoms with Crippen LogP contribution in [-0.4, -0.2) is 32.6 Å². The van der Waals surface area contributed by atoms with E-state index in [2.05, 4.69) is 30.8 Å². The Labute approximate surface area is 135 Å². The highest BCUT2D eigenvalue weighted by atomic mass is 16.1. The Hall–Kier alpha value is -2.28. The summed E-state index contributed by atoms with van der Waals surface area (Å²) in [6, 6.07) is 0. The van der Waals surface area contributed by atoms with Gasteiger partial charge < -0.3 is 10.6 Å². The van der Waals surface area contributed by atoms with Gasteiger partial charge in [-0.1, -0.05) is 0 Å². The van der Waals surface area contributed by atoms with Crippen LogP contribution in [0.4, 0.5) is 0 Å². The molecule has 23 heavy (non-hydrogen) atoms. The molecule has 0 aromatic carbocycles. The first-order valence-corrected chi connectivity index (χ1v) is 7.95. The molecule has 0 aliphatic carbocycles. The Morgan fingerprint density at radius 3 is 3.04 bits per heavy atom. The van der Waals surface area contributed by atoms with E-state index in [9.17, 15) is 4.79 Å². The molecule has 0 saturated heterocycles. The summed E-state index contributed by atoms with van der Waals surface area (Å²) >= 11 is 0. The predicted octanol–water partition coefficient (Wildman–Crippen LogP) is 0.711. The van der Waals surface area contributed by atoms with Crippen molar-refractivity contribution >= 4 is 5.91 Å². The summed E-state index contributed by atoms with van der Waals surface area (Å²) < 4.78 is 0. The Balaban J connectivity index is 1.58. The fourth-order valence-electron chi connectivity index (χ4n) is 2.88. The van der Waals surface area contributed by atoms with Gasteiger partial charge in [-0.05, 0) is 43.5 Å². The van der Waals surface area contributed by atoms with E-state index in [1.807, 2.05) is 20.0 Å².